The minimum atomic E-state index is -4.09. The molecule has 0 atom stereocenters. The fraction of sp³-hybridized carbons (Fsp3) is 0.136. The van der Waals surface area contributed by atoms with Crippen LogP contribution in [-0.4, -0.2) is 45.1 Å². The molecule has 0 saturated heterocycles. The topological polar surface area (TPSA) is 133 Å². The van der Waals surface area contributed by atoms with E-state index in [1.807, 2.05) is 0 Å². The summed E-state index contributed by atoms with van der Waals surface area (Å²) in [6.07, 6.45) is 1.29. The maximum absolute atomic E-state index is 12.9. The van der Waals surface area contributed by atoms with Crippen molar-refractivity contribution in [3.8, 4) is 11.5 Å². The molecule has 0 bridgehead atoms. The second kappa shape index (κ2) is 10.4. The summed E-state index contributed by atoms with van der Waals surface area (Å²) in [5.41, 5.74) is -0.126. The lowest BCUT2D eigenvalue weighted by Gasteiger charge is -2.19. The van der Waals surface area contributed by atoms with Crippen LogP contribution >= 0.6 is 23.2 Å². The highest BCUT2D eigenvalue weighted by Gasteiger charge is 2.22. The first kappa shape index (κ1) is 24.6. The predicted molar refractivity (Wildman–Crippen MR) is 128 cm³/mol. The minimum Gasteiger partial charge on any atom is -0.486 e. The first-order valence-electron chi connectivity index (χ1n) is 10.0. The third-order valence-corrected chi connectivity index (χ3v) is 6.47. The summed E-state index contributed by atoms with van der Waals surface area (Å²) in [7, 11) is -4.09. The van der Waals surface area contributed by atoms with Gasteiger partial charge in [-0.25, -0.2) is 18.2 Å². The first-order valence-corrected chi connectivity index (χ1v) is 12.3. The average Bonchev–Trinajstić information content (AvgIpc) is 2.84. The van der Waals surface area contributed by atoms with Gasteiger partial charge in [0.25, 0.3) is 15.9 Å². The molecule has 0 fully saturated rings. The first-order chi connectivity index (χ1) is 16.7. The smallest absolute Gasteiger partial charge is 0.340 e. The molecule has 0 spiro atoms. The Kier molecular flexibility index (Phi) is 7.29. The van der Waals surface area contributed by atoms with Gasteiger partial charge in [-0.15, -0.1) is 0 Å². The molecule has 182 valence electrons. The van der Waals surface area contributed by atoms with E-state index >= 15 is 0 Å². The molecule has 4 rings (SSSR count). The summed E-state index contributed by atoms with van der Waals surface area (Å²) in [4.78, 5) is 28.6. The van der Waals surface area contributed by atoms with Crippen molar-refractivity contribution in [2.75, 3.05) is 29.9 Å². The number of carbonyl (C=O) groups excluding carboxylic acids is 2. The van der Waals surface area contributed by atoms with Crippen LogP contribution in [-0.2, 0) is 19.6 Å². The van der Waals surface area contributed by atoms with Crippen molar-refractivity contribution < 1.29 is 32.2 Å². The quantitative estimate of drug-likeness (QED) is 0.435. The summed E-state index contributed by atoms with van der Waals surface area (Å²) < 4.78 is 44.1. The number of ether oxygens (including phenoxy) is 3. The van der Waals surface area contributed by atoms with Gasteiger partial charge in [-0.3, -0.25) is 9.52 Å². The second-order valence-corrected chi connectivity index (χ2v) is 9.59. The van der Waals surface area contributed by atoms with Crippen molar-refractivity contribution >= 4 is 56.6 Å². The van der Waals surface area contributed by atoms with E-state index < -0.39 is 28.5 Å². The lowest BCUT2D eigenvalue weighted by Crippen LogP contribution is -2.22. The molecule has 1 aliphatic rings. The lowest BCUT2D eigenvalue weighted by molar-refractivity contribution is -0.119. The van der Waals surface area contributed by atoms with Gasteiger partial charge in [0.2, 0.25) is 0 Å². The molecule has 0 unspecified atom stereocenters. The van der Waals surface area contributed by atoms with E-state index in [2.05, 4.69) is 15.0 Å². The van der Waals surface area contributed by atoms with Gasteiger partial charge in [0, 0.05) is 12.3 Å². The Morgan fingerprint density at radius 2 is 1.77 bits per heavy atom. The summed E-state index contributed by atoms with van der Waals surface area (Å²) in [5.74, 6) is -0.842. The predicted octanol–water partition coefficient (Wildman–Crippen LogP) is 3.76. The number of fused-ring (bicyclic) bond motifs is 1. The number of aromatic nitrogens is 1. The molecular weight excluding hydrogens is 521 g/mol. The van der Waals surface area contributed by atoms with Crippen LogP contribution in [0, 0.1) is 0 Å². The second-order valence-electron chi connectivity index (χ2n) is 7.06. The summed E-state index contributed by atoms with van der Waals surface area (Å²) >= 11 is 11.7. The summed E-state index contributed by atoms with van der Waals surface area (Å²) in [6.45, 7) is 0.00326. The van der Waals surface area contributed by atoms with E-state index in [1.165, 1.54) is 48.7 Å². The number of pyridine rings is 1. The van der Waals surface area contributed by atoms with Crippen LogP contribution in [0.5, 0.6) is 11.5 Å². The zero-order valence-corrected chi connectivity index (χ0v) is 20.1. The summed E-state index contributed by atoms with van der Waals surface area (Å²) in [5, 5.41) is 2.79. The normalized spacial score (nSPS) is 12.5. The van der Waals surface area contributed by atoms with Gasteiger partial charge in [-0.2, -0.15) is 0 Å². The van der Waals surface area contributed by atoms with Gasteiger partial charge in [0.15, 0.2) is 23.9 Å². The molecule has 1 aliphatic heterocycles. The minimum absolute atomic E-state index is 0.0322. The molecule has 1 aromatic heterocycles. The van der Waals surface area contributed by atoms with Crippen molar-refractivity contribution in [3.63, 3.8) is 0 Å². The fourth-order valence-corrected chi connectivity index (χ4v) is 4.55. The van der Waals surface area contributed by atoms with E-state index in [-0.39, 0.29) is 32.0 Å². The Bertz CT molecular complexity index is 1400. The molecule has 0 saturated carbocycles. The molecule has 3 aromatic rings. The molecule has 10 nitrogen and oxygen atoms in total. The lowest BCUT2D eigenvalue weighted by atomic mass is 10.2. The molecule has 0 radical (unpaired) electrons. The number of benzene rings is 2. The largest absolute Gasteiger partial charge is 0.486 e. The number of esters is 1. The standard InChI is InChI=1S/C22H17Cl2N3O7S/c23-13-9-16(24)21(25-11-13)26-20(28)12-34-22(29)15-3-1-2-4-17(15)27-35(30,31)14-5-6-18-19(10-14)33-8-7-32-18/h1-6,9-11,27H,7-8,12H2,(H,25,26,28). The number of hydrogen-bond donors (Lipinski definition) is 2. The van der Waals surface area contributed by atoms with Crippen molar-refractivity contribution in [2.45, 2.75) is 4.90 Å². The van der Waals surface area contributed by atoms with E-state index in [0.717, 1.165) is 0 Å². The number of hydrogen-bond acceptors (Lipinski definition) is 8. The Morgan fingerprint density at radius 1 is 1.03 bits per heavy atom. The maximum Gasteiger partial charge on any atom is 0.340 e. The van der Waals surface area contributed by atoms with E-state index in [4.69, 9.17) is 37.4 Å². The summed E-state index contributed by atoms with van der Waals surface area (Å²) in [6, 6.07) is 11.4. The molecule has 13 heteroatoms. The van der Waals surface area contributed by atoms with Crippen LogP contribution in [0.4, 0.5) is 11.5 Å². The Balaban J connectivity index is 1.44. The van der Waals surface area contributed by atoms with Crippen LogP contribution in [0.1, 0.15) is 10.4 Å². The third-order valence-electron chi connectivity index (χ3n) is 4.62. The Hall–Kier alpha value is -3.54. The number of anilines is 2. The zero-order chi connectivity index (χ0) is 25.0. The van der Waals surface area contributed by atoms with Crippen LogP contribution in [0.3, 0.4) is 0 Å². The molecule has 0 aliphatic carbocycles. The number of rotatable bonds is 7. The molecule has 1 amide bonds. The van der Waals surface area contributed by atoms with Gasteiger partial charge in [-0.1, -0.05) is 35.3 Å². The van der Waals surface area contributed by atoms with E-state index in [1.54, 1.807) is 6.07 Å². The molecule has 2 N–H and O–H groups in total. The van der Waals surface area contributed by atoms with Crippen molar-refractivity contribution in [1.82, 2.24) is 4.98 Å². The fourth-order valence-electron chi connectivity index (χ4n) is 3.03. The number of halogens is 2. The number of amides is 1. The molecular formula is C22H17Cl2N3O7S. The van der Waals surface area contributed by atoms with Crippen LogP contribution < -0.4 is 19.5 Å². The van der Waals surface area contributed by atoms with Crippen LogP contribution in [0.2, 0.25) is 10.0 Å². The van der Waals surface area contributed by atoms with Crippen LogP contribution in [0.25, 0.3) is 0 Å². The SMILES string of the molecule is O=C(COC(=O)c1ccccc1NS(=O)(=O)c1ccc2c(c1)OCCO2)Nc1ncc(Cl)cc1Cl. The van der Waals surface area contributed by atoms with Crippen molar-refractivity contribution in [3.05, 3.63) is 70.3 Å². The van der Waals surface area contributed by atoms with Crippen molar-refractivity contribution in [1.29, 1.82) is 0 Å². The van der Waals surface area contributed by atoms with Gasteiger partial charge in [0.05, 0.1) is 26.2 Å². The van der Waals surface area contributed by atoms with Gasteiger partial charge >= 0.3 is 5.97 Å². The molecule has 2 aromatic carbocycles. The maximum atomic E-state index is 12.9. The Morgan fingerprint density at radius 3 is 2.54 bits per heavy atom. The highest BCUT2D eigenvalue weighted by atomic mass is 35.5. The third kappa shape index (κ3) is 5.94. The van der Waals surface area contributed by atoms with E-state index in [0.29, 0.717) is 24.7 Å². The molecule has 2 heterocycles. The number of carbonyl (C=O) groups is 2. The zero-order valence-electron chi connectivity index (χ0n) is 17.8. The number of nitrogens with one attached hydrogen (secondary N) is 2. The number of para-hydroxylation sites is 1. The highest BCUT2D eigenvalue weighted by molar-refractivity contribution is 7.92. The molecule has 35 heavy (non-hydrogen) atoms. The number of nitrogens with zero attached hydrogens (tertiary/aromatic N) is 1. The average molecular weight is 538 g/mol. The van der Waals surface area contributed by atoms with Gasteiger partial charge in [0.1, 0.15) is 13.2 Å². The number of sulfonamides is 1. The van der Waals surface area contributed by atoms with Crippen molar-refractivity contribution in [2.24, 2.45) is 0 Å². The van der Waals surface area contributed by atoms with Crippen LogP contribution in [0.15, 0.2) is 59.6 Å². The monoisotopic (exact) mass is 537 g/mol. The van der Waals surface area contributed by atoms with Gasteiger partial charge in [-0.05, 0) is 30.3 Å². The van der Waals surface area contributed by atoms with Gasteiger partial charge < -0.3 is 19.5 Å². The Labute approximate surface area is 210 Å². The van der Waals surface area contributed by atoms with E-state index in [9.17, 15) is 18.0 Å². The highest BCUT2D eigenvalue weighted by Crippen LogP contribution is 2.33.